The molecule has 2 fully saturated rings. The monoisotopic (exact) mass is 1300 g/mol. The van der Waals surface area contributed by atoms with E-state index in [0.717, 1.165) is 46.1 Å². The number of rotatable bonds is 29. The van der Waals surface area contributed by atoms with Crippen LogP contribution in [0.5, 0.6) is 5.75 Å². The van der Waals surface area contributed by atoms with E-state index in [1.165, 1.54) is 31.1 Å². The van der Waals surface area contributed by atoms with Crippen LogP contribution in [0, 0.1) is 33.8 Å². The number of amides is 5. The van der Waals surface area contributed by atoms with Gasteiger partial charge in [0.2, 0.25) is 36.0 Å². The zero-order valence-corrected chi connectivity index (χ0v) is 56.2. The van der Waals surface area contributed by atoms with E-state index in [4.69, 9.17) is 47.4 Å². The lowest BCUT2D eigenvalue weighted by molar-refractivity contribution is -0.385. The van der Waals surface area contributed by atoms with Gasteiger partial charge in [0.25, 0.3) is 5.69 Å². The number of likely N-dealkylation sites (tertiary alicyclic amines) is 1. The van der Waals surface area contributed by atoms with Gasteiger partial charge >= 0.3 is 35.9 Å². The fourth-order valence-electron chi connectivity index (χ4n) is 11.6. The number of methoxy groups -OCH3 is 3. The second kappa shape index (κ2) is 34.1. The van der Waals surface area contributed by atoms with Crippen LogP contribution in [-0.2, 0) is 81.0 Å². The van der Waals surface area contributed by atoms with Crippen LogP contribution < -0.4 is 15.4 Å². The van der Waals surface area contributed by atoms with Crippen molar-refractivity contribution in [1.29, 1.82) is 0 Å². The van der Waals surface area contributed by atoms with E-state index in [9.17, 15) is 58.1 Å². The topological polar surface area (TPSA) is 340 Å². The molecular formula is C64H94N6O22. The van der Waals surface area contributed by atoms with Gasteiger partial charge in [0.1, 0.15) is 35.1 Å². The van der Waals surface area contributed by atoms with E-state index in [-0.39, 0.29) is 24.2 Å². The molecule has 5 amide bonds. The predicted octanol–water partition coefficient (Wildman–Crippen LogP) is 6.02. The summed E-state index contributed by atoms with van der Waals surface area (Å²) in [4.78, 5) is 152. The number of benzene rings is 2. The Kier molecular flexibility index (Phi) is 28.3. The molecule has 0 aromatic heterocycles. The summed E-state index contributed by atoms with van der Waals surface area (Å²) < 4.78 is 56.9. The maximum Gasteiger partial charge on any atom is 0.410 e. The van der Waals surface area contributed by atoms with Crippen molar-refractivity contribution in [2.45, 2.75) is 207 Å². The Hall–Kier alpha value is -7.98. The first-order chi connectivity index (χ1) is 43.0. The number of carbonyl (C=O) groups excluding carboxylic acids is 10. The van der Waals surface area contributed by atoms with Gasteiger partial charge in [0.15, 0.2) is 18.3 Å². The first kappa shape index (κ1) is 76.5. The number of carbonyl (C=O) groups is 10. The molecule has 512 valence electrons. The van der Waals surface area contributed by atoms with Crippen molar-refractivity contribution in [3.8, 4) is 5.75 Å². The molecule has 2 aromatic carbocycles. The van der Waals surface area contributed by atoms with Crippen LogP contribution in [0.2, 0.25) is 0 Å². The minimum absolute atomic E-state index is 0.173. The SMILES string of the molecule is CC[C@H](C)[C@@H]([C@@H](CC(=O)N1CCC[C@H]1[C@H](OC)[C@@H](C)C(=O)N[C@H](C)[C@@H](OC(=O)c1ccc([N+](=O)[O-])cc1O[C@@H]1O[C@H](C(=O)OC)[C@@H](OC(C)=O)[C@H](OC(C)=O)[C@H]1OC(C)=O)c1ccccc1)OC)N(C)C(=O)[C@@H](NC(=O)[C@H](C(C)C)N(C)C(=O)OC(C)(C)C)C(C)C. The highest BCUT2D eigenvalue weighted by Gasteiger charge is 2.56. The highest BCUT2D eigenvalue weighted by Crippen LogP contribution is 2.36. The third-order valence-corrected chi connectivity index (χ3v) is 16.1. The average Bonchev–Trinajstić information content (AvgIpc) is 0.919. The number of likely N-dealkylation sites (N-methyl/N-ethyl adjacent to an activating group) is 2. The van der Waals surface area contributed by atoms with Crippen molar-refractivity contribution in [3.05, 3.63) is 69.8 Å². The quantitative estimate of drug-likeness (QED) is 0.0407. The second-order valence-corrected chi connectivity index (χ2v) is 24.9. The third kappa shape index (κ3) is 20.0. The molecular weight excluding hydrogens is 1200 g/mol. The third-order valence-electron chi connectivity index (χ3n) is 16.1. The van der Waals surface area contributed by atoms with Crippen molar-refractivity contribution in [1.82, 2.24) is 25.3 Å². The van der Waals surface area contributed by atoms with Crippen LogP contribution in [-0.4, -0.2) is 200 Å². The van der Waals surface area contributed by atoms with Gasteiger partial charge in [-0.1, -0.05) is 85.2 Å². The number of hydrogen-bond donors (Lipinski definition) is 2. The van der Waals surface area contributed by atoms with Gasteiger partial charge in [-0.05, 0) is 69.9 Å². The van der Waals surface area contributed by atoms with E-state index >= 15 is 0 Å². The highest BCUT2D eigenvalue weighted by molar-refractivity contribution is 5.94. The average molecular weight is 1300 g/mol. The summed E-state index contributed by atoms with van der Waals surface area (Å²) in [6.45, 7) is 22.7. The lowest BCUT2D eigenvalue weighted by atomic mass is 9.89. The molecule has 0 bridgehead atoms. The van der Waals surface area contributed by atoms with E-state index in [1.54, 1.807) is 105 Å². The van der Waals surface area contributed by atoms with Crippen LogP contribution in [0.15, 0.2) is 48.5 Å². The maximum absolute atomic E-state index is 14.7. The van der Waals surface area contributed by atoms with Gasteiger partial charge in [-0.25, -0.2) is 14.4 Å². The number of non-ortho nitro benzene ring substituents is 1. The largest absolute Gasteiger partial charge is 0.467 e. The van der Waals surface area contributed by atoms with E-state index in [0.29, 0.717) is 31.4 Å². The van der Waals surface area contributed by atoms with E-state index in [2.05, 4.69) is 10.6 Å². The molecule has 0 spiro atoms. The molecule has 0 aliphatic carbocycles. The zero-order valence-electron chi connectivity index (χ0n) is 56.2. The van der Waals surface area contributed by atoms with Crippen molar-refractivity contribution >= 4 is 65.3 Å². The Bertz CT molecular complexity index is 2920. The number of hydrogen-bond acceptors (Lipinski definition) is 22. The molecule has 28 heteroatoms. The van der Waals surface area contributed by atoms with Crippen LogP contribution in [0.4, 0.5) is 10.5 Å². The molecule has 2 saturated heterocycles. The van der Waals surface area contributed by atoms with Gasteiger partial charge in [0.05, 0.1) is 60.8 Å². The Balaban J connectivity index is 1.62. The van der Waals surface area contributed by atoms with E-state index < -0.39 is 172 Å². The summed E-state index contributed by atoms with van der Waals surface area (Å²) in [5.41, 5.74) is -1.53. The number of nitro benzene ring substituents is 1. The lowest BCUT2D eigenvalue weighted by Gasteiger charge is -2.43. The molecule has 2 aliphatic heterocycles. The van der Waals surface area contributed by atoms with Crippen LogP contribution in [0.1, 0.15) is 145 Å². The lowest BCUT2D eigenvalue weighted by Crippen LogP contribution is -2.64. The number of esters is 5. The van der Waals surface area contributed by atoms with Gasteiger partial charge in [-0.15, -0.1) is 0 Å². The molecule has 0 radical (unpaired) electrons. The second-order valence-electron chi connectivity index (χ2n) is 24.9. The molecule has 28 nitrogen and oxygen atoms in total. The van der Waals surface area contributed by atoms with Gasteiger partial charge in [-0.3, -0.25) is 48.6 Å². The van der Waals surface area contributed by atoms with Crippen molar-refractivity contribution < 1.29 is 100 Å². The van der Waals surface area contributed by atoms with Crippen molar-refractivity contribution in [2.24, 2.45) is 23.7 Å². The van der Waals surface area contributed by atoms with Crippen molar-refractivity contribution in [2.75, 3.05) is 42.0 Å². The molecule has 92 heavy (non-hydrogen) atoms. The highest BCUT2D eigenvalue weighted by atomic mass is 16.7. The molecule has 0 unspecified atom stereocenters. The fraction of sp³-hybridized carbons (Fsp3) is 0.656. The summed E-state index contributed by atoms with van der Waals surface area (Å²) in [5, 5.41) is 18.1. The Morgan fingerprint density at radius 2 is 1.37 bits per heavy atom. The molecule has 2 aliphatic rings. The zero-order chi connectivity index (χ0) is 69.4. The van der Waals surface area contributed by atoms with Gasteiger partial charge < -0.3 is 67.8 Å². The molecule has 15 atom stereocenters. The molecule has 2 heterocycles. The molecule has 2 N–H and O–H groups in total. The summed E-state index contributed by atoms with van der Waals surface area (Å²) in [6.07, 6.45) is -11.7. The smallest absolute Gasteiger partial charge is 0.410 e. The summed E-state index contributed by atoms with van der Waals surface area (Å²) in [7, 11) is 6.95. The van der Waals surface area contributed by atoms with Crippen LogP contribution in [0.25, 0.3) is 0 Å². The fourth-order valence-corrected chi connectivity index (χ4v) is 11.6. The Labute approximate surface area is 537 Å². The number of ether oxygens (including phenoxy) is 10. The minimum atomic E-state index is -2.03. The number of nitrogens with one attached hydrogen (secondary N) is 2. The molecule has 2 aromatic rings. The number of nitro groups is 1. The van der Waals surface area contributed by atoms with Gasteiger partial charge in [-0.2, -0.15) is 0 Å². The summed E-state index contributed by atoms with van der Waals surface area (Å²) in [5.74, 6) is -9.70. The van der Waals surface area contributed by atoms with Crippen LogP contribution in [0.3, 0.4) is 0 Å². The van der Waals surface area contributed by atoms with Crippen LogP contribution >= 0.6 is 0 Å². The summed E-state index contributed by atoms with van der Waals surface area (Å²) >= 11 is 0. The standard InChI is InChI=1S/C64H94N6O22/c1-20-35(6)50(67(15)59(77)48(33(2)3)66-58(76)49(34(4)5)68(16)63(80)92-64(12,13)14)46(83-17)32-47(74)69-30-24-27-44(69)51(84-18)36(7)57(75)65-37(8)52(41-25-22-21-23-26-41)90-60(78)43-29-28-42(70(81)82)31-45(43)89-62-56(88-40(11)73)54(87-39(10)72)53(86-38(9)71)55(91-62)61(79)85-19/h21-23,25-26,28-29,31,33-37,44,46,48-56,62H,20,24,27,30,32H2,1-19H3,(H,65,75)(H,66,76)/t35-,36+,37+,44-,46+,48-,49-,50-,51+,52+,53-,54-,55-,56+,62+/m0/s1. The van der Waals surface area contributed by atoms with E-state index in [1.807, 2.05) is 13.8 Å². The normalized spacial score (nSPS) is 21.1. The number of nitrogens with zero attached hydrogens (tertiary/aromatic N) is 4. The Morgan fingerprint density at radius 3 is 1.89 bits per heavy atom. The summed E-state index contributed by atoms with van der Waals surface area (Å²) in [6, 6.07) is 6.76. The first-order valence-corrected chi connectivity index (χ1v) is 30.7. The molecule has 4 rings (SSSR count). The van der Waals surface area contributed by atoms with Crippen molar-refractivity contribution in [3.63, 3.8) is 0 Å². The first-order valence-electron chi connectivity index (χ1n) is 30.7. The minimum Gasteiger partial charge on any atom is -0.467 e. The van der Waals surface area contributed by atoms with Gasteiger partial charge in [0, 0.05) is 61.7 Å². The molecule has 0 saturated carbocycles. The Morgan fingerprint density at radius 1 is 0.772 bits per heavy atom. The maximum atomic E-state index is 14.7. The predicted molar refractivity (Wildman–Crippen MR) is 329 cm³/mol.